The summed E-state index contributed by atoms with van der Waals surface area (Å²) in [6, 6.07) is 11.3. The van der Waals surface area contributed by atoms with Crippen LogP contribution in [0.15, 0.2) is 42.5 Å². The Morgan fingerprint density at radius 3 is 2.68 bits per heavy atom. The monoisotopic (exact) mass is 298 g/mol. The van der Waals surface area contributed by atoms with Gasteiger partial charge in [-0.05, 0) is 47.9 Å². The fourth-order valence-corrected chi connectivity index (χ4v) is 2.45. The molecule has 3 rings (SSSR count). The average molecular weight is 298 g/mol. The van der Waals surface area contributed by atoms with Crippen molar-refractivity contribution in [3.8, 4) is 0 Å². The zero-order chi connectivity index (χ0) is 15.5. The van der Waals surface area contributed by atoms with E-state index in [1.54, 1.807) is 24.3 Å². The molecule has 5 heteroatoms. The van der Waals surface area contributed by atoms with Gasteiger partial charge >= 0.3 is 0 Å². The van der Waals surface area contributed by atoms with Crippen molar-refractivity contribution in [2.75, 3.05) is 10.6 Å². The van der Waals surface area contributed by atoms with Gasteiger partial charge in [0.15, 0.2) is 0 Å². The summed E-state index contributed by atoms with van der Waals surface area (Å²) in [5, 5.41) is 5.62. The summed E-state index contributed by atoms with van der Waals surface area (Å²) in [6.45, 7) is 0. The van der Waals surface area contributed by atoms with Gasteiger partial charge in [-0.25, -0.2) is 4.39 Å². The molecule has 0 aliphatic carbocycles. The van der Waals surface area contributed by atoms with Crippen LogP contribution in [0.3, 0.4) is 0 Å². The highest BCUT2D eigenvalue weighted by Crippen LogP contribution is 2.25. The maximum atomic E-state index is 12.8. The van der Waals surface area contributed by atoms with Crippen molar-refractivity contribution in [1.29, 1.82) is 0 Å². The standard InChI is InChI=1S/C17H15FN2O2/c18-13-4-1-11(2-5-13)9-17(22)19-14-6-7-15-12(10-14)3-8-16(21)20-15/h1-2,4-7,10H,3,8-9H2,(H,19,22)(H,20,21). The molecule has 1 aliphatic heterocycles. The van der Waals surface area contributed by atoms with E-state index in [9.17, 15) is 14.0 Å². The molecule has 2 aromatic carbocycles. The van der Waals surface area contributed by atoms with E-state index in [4.69, 9.17) is 0 Å². The van der Waals surface area contributed by atoms with Crippen molar-refractivity contribution in [2.24, 2.45) is 0 Å². The van der Waals surface area contributed by atoms with E-state index in [2.05, 4.69) is 10.6 Å². The van der Waals surface area contributed by atoms with Crippen LogP contribution in [0.4, 0.5) is 15.8 Å². The number of rotatable bonds is 3. The molecule has 0 spiro atoms. The number of halogens is 1. The quantitative estimate of drug-likeness (QED) is 0.915. The van der Waals surface area contributed by atoms with Gasteiger partial charge < -0.3 is 10.6 Å². The zero-order valence-electron chi connectivity index (χ0n) is 11.9. The summed E-state index contributed by atoms with van der Waals surface area (Å²) < 4.78 is 12.8. The second-order valence-corrected chi connectivity index (χ2v) is 5.27. The molecule has 112 valence electrons. The van der Waals surface area contributed by atoms with Gasteiger partial charge in [0.05, 0.1) is 6.42 Å². The van der Waals surface area contributed by atoms with Gasteiger partial charge in [0.25, 0.3) is 0 Å². The Hall–Kier alpha value is -2.69. The smallest absolute Gasteiger partial charge is 0.228 e. The molecule has 2 amide bonds. The van der Waals surface area contributed by atoms with E-state index in [0.29, 0.717) is 18.5 Å². The third kappa shape index (κ3) is 3.31. The van der Waals surface area contributed by atoms with E-state index >= 15 is 0 Å². The van der Waals surface area contributed by atoms with Gasteiger partial charge in [0.1, 0.15) is 5.82 Å². The number of amides is 2. The number of carbonyl (C=O) groups excluding carboxylic acids is 2. The van der Waals surface area contributed by atoms with Crippen molar-refractivity contribution in [1.82, 2.24) is 0 Å². The molecular weight excluding hydrogens is 283 g/mol. The first-order chi connectivity index (χ1) is 10.6. The van der Waals surface area contributed by atoms with Gasteiger partial charge in [-0.3, -0.25) is 9.59 Å². The molecule has 0 bridgehead atoms. The van der Waals surface area contributed by atoms with Crippen LogP contribution in [-0.4, -0.2) is 11.8 Å². The first kappa shape index (κ1) is 14.3. The molecule has 2 aromatic rings. The summed E-state index contributed by atoms with van der Waals surface area (Å²) in [6.07, 6.45) is 1.32. The summed E-state index contributed by atoms with van der Waals surface area (Å²) >= 11 is 0. The lowest BCUT2D eigenvalue weighted by atomic mass is 10.0. The van der Waals surface area contributed by atoms with E-state index in [-0.39, 0.29) is 24.1 Å². The van der Waals surface area contributed by atoms with Crippen LogP contribution in [0.2, 0.25) is 0 Å². The highest BCUT2D eigenvalue weighted by atomic mass is 19.1. The minimum atomic E-state index is -0.319. The van der Waals surface area contributed by atoms with Crippen LogP contribution in [-0.2, 0) is 22.4 Å². The topological polar surface area (TPSA) is 58.2 Å². The van der Waals surface area contributed by atoms with E-state index in [0.717, 1.165) is 16.8 Å². The number of hydrogen-bond acceptors (Lipinski definition) is 2. The largest absolute Gasteiger partial charge is 0.326 e. The van der Waals surface area contributed by atoms with Crippen molar-refractivity contribution in [3.05, 3.63) is 59.4 Å². The van der Waals surface area contributed by atoms with Crippen molar-refractivity contribution in [2.45, 2.75) is 19.3 Å². The van der Waals surface area contributed by atoms with Crippen LogP contribution in [0.5, 0.6) is 0 Å². The Bertz CT molecular complexity index is 726. The molecule has 0 radical (unpaired) electrons. The van der Waals surface area contributed by atoms with E-state index in [1.165, 1.54) is 12.1 Å². The molecule has 0 atom stereocenters. The number of benzene rings is 2. The average Bonchev–Trinajstić information content (AvgIpc) is 2.50. The number of nitrogens with one attached hydrogen (secondary N) is 2. The Morgan fingerprint density at radius 2 is 1.91 bits per heavy atom. The molecule has 0 saturated carbocycles. The molecule has 0 saturated heterocycles. The number of hydrogen-bond donors (Lipinski definition) is 2. The highest BCUT2D eigenvalue weighted by molar-refractivity contribution is 5.96. The highest BCUT2D eigenvalue weighted by Gasteiger charge is 2.15. The van der Waals surface area contributed by atoms with Crippen molar-refractivity contribution < 1.29 is 14.0 Å². The number of aryl methyl sites for hydroxylation is 1. The lowest BCUT2D eigenvalue weighted by Gasteiger charge is -2.17. The first-order valence-electron chi connectivity index (χ1n) is 7.07. The van der Waals surface area contributed by atoms with Gasteiger partial charge in [-0.1, -0.05) is 12.1 Å². The molecule has 0 fully saturated rings. The summed E-state index contributed by atoms with van der Waals surface area (Å²) in [7, 11) is 0. The maximum absolute atomic E-state index is 12.8. The summed E-state index contributed by atoms with van der Waals surface area (Å²) in [5.74, 6) is -0.465. The molecule has 1 aliphatic rings. The first-order valence-corrected chi connectivity index (χ1v) is 7.07. The third-order valence-corrected chi connectivity index (χ3v) is 3.56. The Balaban J connectivity index is 1.66. The molecule has 2 N–H and O–H groups in total. The predicted molar refractivity (Wildman–Crippen MR) is 82.1 cm³/mol. The van der Waals surface area contributed by atoms with Gasteiger partial charge in [-0.15, -0.1) is 0 Å². The molecule has 4 nitrogen and oxygen atoms in total. The normalized spacial score (nSPS) is 13.2. The second kappa shape index (κ2) is 5.97. The molecule has 0 aromatic heterocycles. The maximum Gasteiger partial charge on any atom is 0.228 e. The van der Waals surface area contributed by atoms with Gasteiger partial charge in [0.2, 0.25) is 11.8 Å². The number of carbonyl (C=O) groups is 2. The molecule has 22 heavy (non-hydrogen) atoms. The second-order valence-electron chi connectivity index (χ2n) is 5.27. The minimum Gasteiger partial charge on any atom is -0.326 e. The number of anilines is 2. The fourth-order valence-electron chi connectivity index (χ4n) is 2.45. The van der Waals surface area contributed by atoms with Crippen LogP contribution in [0.1, 0.15) is 17.5 Å². The molecule has 1 heterocycles. The Kier molecular flexibility index (Phi) is 3.87. The predicted octanol–water partition coefficient (Wildman–Crippen LogP) is 2.89. The molecule has 0 unspecified atom stereocenters. The van der Waals surface area contributed by atoms with Crippen molar-refractivity contribution in [3.63, 3.8) is 0 Å². The van der Waals surface area contributed by atoms with E-state index < -0.39 is 0 Å². The minimum absolute atomic E-state index is 0.0144. The van der Waals surface area contributed by atoms with Gasteiger partial charge in [-0.2, -0.15) is 0 Å². The lowest BCUT2D eigenvalue weighted by Crippen LogP contribution is -2.19. The fraction of sp³-hybridized carbons (Fsp3) is 0.176. The van der Waals surface area contributed by atoms with Crippen LogP contribution < -0.4 is 10.6 Å². The summed E-state index contributed by atoms with van der Waals surface area (Å²) in [5.41, 5.74) is 3.26. The molecular formula is C17H15FN2O2. The van der Waals surface area contributed by atoms with Crippen molar-refractivity contribution >= 4 is 23.2 Å². The van der Waals surface area contributed by atoms with E-state index in [1.807, 2.05) is 6.07 Å². The summed E-state index contributed by atoms with van der Waals surface area (Å²) in [4.78, 5) is 23.3. The number of fused-ring (bicyclic) bond motifs is 1. The zero-order valence-corrected chi connectivity index (χ0v) is 11.9. The van der Waals surface area contributed by atoms with Gasteiger partial charge in [0, 0.05) is 17.8 Å². The SMILES string of the molecule is O=C(Cc1ccc(F)cc1)Nc1ccc2c(c1)CCC(=O)N2. The third-order valence-electron chi connectivity index (χ3n) is 3.56. The Morgan fingerprint density at radius 1 is 1.14 bits per heavy atom. The lowest BCUT2D eigenvalue weighted by molar-refractivity contribution is -0.117. The Labute approximate surface area is 127 Å². The van der Waals surface area contributed by atoms with Crippen LogP contribution in [0.25, 0.3) is 0 Å². The van der Waals surface area contributed by atoms with Crippen LogP contribution in [0, 0.1) is 5.82 Å². The van der Waals surface area contributed by atoms with Crippen LogP contribution >= 0.6 is 0 Å².